The summed E-state index contributed by atoms with van der Waals surface area (Å²) in [7, 11) is 2.04. The molecular formula is C20H24N6. The highest BCUT2D eigenvalue weighted by Crippen LogP contribution is 2.24. The number of nitrogens with two attached hydrogens (primary N) is 1. The van der Waals surface area contributed by atoms with Gasteiger partial charge >= 0.3 is 0 Å². The third-order valence-electron chi connectivity index (χ3n) is 4.94. The van der Waals surface area contributed by atoms with Gasteiger partial charge in [-0.3, -0.25) is 0 Å². The molecular weight excluding hydrogens is 324 g/mol. The van der Waals surface area contributed by atoms with E-state index in [4.69, 9.17) is 5.73 Å². The summed E-state index contributed by atoms with van der Waals surface area (Å²) in [5.74, 6) is 1.33. The molecule has 0 bridgehead atoms. The van der Waals surface area contributed by atoms with Crippen molar-refractivity contribution in [3.63, 3.8) is 0 Å². The second-order valence-electron chi connectivity index (χ2n) is 6.87. The van der Waals surface area contributed by atoms with E-state index >= 15 is 0 Å². The van der Waals surface area contributed by atoms with Crippen LogP contribution in [0.1, 0.15) is 24.8 Å². The zero-order valence-corrected chi connectivity index (χ0v) is 15.1. The van der Waals surface area contributed by atoms with Crippen molar-refractivity contribution in [2.45, 2.75) is 25.8 Å². The molecule has 1 aromatic carbocycles. The maximum atomic E-state index is 5.76. The molecule has 4 rings (SSSR count). The van der Waals surface area contributed by atoms with Gasteiger partial charge in [-0.05, 0) is 49.1 Å². The standard InChI is InChI=1S/C20H24N6/c1-25(20-17-9-10-18(21)24-19(17)22-14-23-20)13-15-5-7-16(8-6-15)26-11-3-2-4-12-26/h5-10,14H,2-4,11-13H2,1H3,(H2,21,22,23,24). The molecule has 0 saturated carbocycles. The van der Waals surface area contributed by atoms with Gasteiger partial charge in [-0.25, -0.2) is 15.0 Å². The Morgan fingerprint density at radius 1 is 1.00 bits per heavy atom. The van der Waals surface area contributed by atoms with Crippen LogP contribution in [0.3, 0.4) is 0 Å². The molecule has 0 atom stereocenters. The summed E-state index contributed by atoms with van der Waals surface area (Å²) in [6.07, 6.45) is 5.49. The SMILES string of the molecule is CN(Cc1ccc(N2CCCCC2)cc1)c1ncnc2nc(N)ccc12. The van der Waals surface area contributed by atoms with E-state index in [-0.39, 0.29) is 0 Å². The largest absolute Gasteiger partial charge is 0.384 e. The zero-order chi connectivity index (χ0) is 17.9. The van der Waals surface area contributed by atoms with Crippen LogP contribution >= 0.6 is 0 Å². The summed E-state index contributed by atoms with van der Waals surface area (Å²) >= 11 is 0. The van der Waals surface area contributed by atoms with Crippen LogP contribution in [0.15, 0.2) is 42.7 Å². The van der Waals surface area contributed by atoms with Crippen molar-refractivity contribution < 1.29 is 0 Å². The van der Waals surface area contributed by atoms with Gasteiger partial charge in [0, 0.05) is 32.4 Å². The van der Waals surface area contributed by atoms with Gasteiger partial charge < -0.3 is 15.5 Å². The van der Waals surface area contributed by atoms with E-state index in [1.807, 2.05) is 13.1 Å². The highest BCUT2D eigenvalue weighted by atomic mass is 15.2. The molecule has 26 heavy (non-hydrogen) atoms. The number of benzene rings is 1. The van der Waals surface area contributed by atoms with Crippen molar-refractivity contribution in [1.82, 2.24) is 15.0 Å². The molecule has 3 heterocycles. The van der Waals surface area contributed by atoms with Crippen LogP contribution in [0.25, 0.3) is 11.0 Å². The van der Waals surface area contributed by atoms with Crippen LogP contribution in [0.5, 0.6) is 0 Å². The Bertz CT molecular complexity index is 886. The van der Waals surface area contributed by atoms with E-state index in [1.54, 1.807) is 12.4 Å². The second-order valence-corrected chi connectivity index (χ2v) is 6.87. The van der Waals surface area contributed by atoms with Crippen LogP contribution in [0, 0.1) is 0 Å². The van der Waals surface area contributed by atoms with Crippen molar-refractivity contribution in [3.05, 3.63) is 48.3 Å². The average molecular weight is 348 g/mol. The minimum absolute atomic E-state index is 0.470. The van der Waals surface area contributed by atoms with Crippen LogP contribution in [-0.4, -0.2) is 35.1 Å². The first kappa shape index (κ1) is 16.6. The van der Waals surface area contributed by atoms with E-state index in [0.717, 1.165) is 17.7 Å². The monoisotopic (exact) mass is 348 g/mol. The Morgan fingerprint density at radius 3 is 2.54 bits per heavy atom. The normalized spacial score (nSPS) is 14.6. The Balaban J connectivity index is 1.52. The highest BCUT2D eigenvalue weighted by molar-refractivity contribution is 5.87. The van der Waals surface area contributed by atoms with E-state index < -0.39 is 0 Å². The van der Waals surface area contributed by atoms with Crippen LogP contribution < -0.4 is 15.5 Å². The lowest BCUT2D eigenvalue weighted by Crippen LogP contribution is -2.29. The average Bonchev–Trinajstić information content (AvgIpc) is 2.68. The summed E-state index contributed by atoms with van der Waals surface area (Å²) in [6.45, 7) is 3.11. The third-order valence-corrected chi connectivity index (χ3v) is 4.94. The number of nitrogen functional groups attached to an aromatic ring is 1. The second kappa shape index (κ2) is 7.15. The number of anilines is 3. The van der Waals surface area contributed by atoms with Gasteiger partial charge in [-0.2, -0.15) is 0 Å². The first-order valence-electron chi connectivity index (χ1n) is 9.13. The molecule has 2 N–H and O–H groups in total. The fourth-order valence-corrected chi connectivity index (χ4v) is 3.56. The predicted molar refractivity (Wildman–Crippen MR) is 106 cm³/mol. The van der Waals surface area contributed by atoms with Gasteiger partial charge in [-0.15, -0.1) is 0 Å². The first-order valence-corrected chi connectivity index (χ1v) is 9.13. The van der Waals surface area contributed by atoms with Gasteiger partial charge in [0.05, 0.1) is 5.39 Å². The van der Waals surface area contributed by atoms with E-state index in [0.29, 0.717) is 11.5 Å². The van der Waals surface area contributed by atoms with Gasteiger partial charge in [0.2, 0.25) is 0 Å². The number of piperidine rings is 1. The summed E-state index contributed by atoms with van der Waals surface area (Å²) in [5.41, 5.74) is 8.96. The third kappa shape index (κ3) is 3.40. The molecule has 6 nitrogen and oxygen atoms in total. The first-order chi connectivity index (χ1) is 12.7. The minimum atomic E-state index is 0.470. The lowest BCUT2D eigenvalue weighted by Gasteiger charge is -2.29. The number of hydrogen-bond donors (Lipinski definition) is 1. The summed E-state index contributed by atoms with van der Waals surface area (Å²) in [5, 5.41) is 0.911. The Morgan fingerprint density at radius 2 is 1.77 bits per heavy atom. The number of aromatic nitrogens is 3. The Hall–Kier alpha value is -2.89. The number of rotatable bonds is 4. The predicted octanol–water partition coefficient (Wildman–Crippen LogP) is 3.23. The molecule has 1 saturated heterocycles. The lowest BCUT2D eigenvalue weighted by atomic mass is 10.1. The highest BCUT2D eigenvalue weighted by Gasteiger charge is 2.12. The maximum Gasteiger partial charge on any atom is 0.166 e. The molecule has 6 heteroatoms. The molecule has 0 spiro atoms. The molecule has 2 aromatic heterocycles. The molecule has 134 valence electrons. The number of pyridine rings is 1. The van der Waals surface area contributed by atoms with Crippen molar-refractivity contribution in [2.24, 2.45) is 0 Å². The fourth-order valence-electron chi connectivity index (χ4n) is 3.56. The molecule has 0 unspecified atom stereocenters. The van der Waals surface area contributed by atoms with Crippen molar-refractivity contribution >= 4 is 28.4 Å². The number of fused-ring (bicyclic) bond motifs is 1. The Kier molecular flexibility index (Phi) is 4.56. The lowest BCUT2D eigenvalue weighted by molar-refractivity contribution is 0.578. The topological polar surface area (TPSA) is 71.2 Å². The molecule has 3 aromatic rings. The smallest absolute Gasteiger partial charge is 0.166 e. The molecule has 1 aliphatic rings. The molecule has 0 amide bonds. The Labute approximate surface area is 153 Å². The molecule has 0 radical (unpaired) electrons. The van der Waals surface area contributed by atoms with Crippen molar-refractivity contribution in [2.75, 3.05) is 35.7 Å². The fraction of sp³-hybridized carbons (Fsp3) is 0.350. The van der Waals surface area contributed by atoms with Crippen molar-refractivity contribution in [1.29, 1.82) is 0 Å². The summed E-state index contributed by atoms with van der Waals surface area (Å²) in [4.78, 5) is 17.6. The van der Waals surface area contributed by atoms with Crippen LogP contribution in [0.2, 0.25) is 0 Å². The maximum absolute atomic E-state index is 5.76. The van der Waals surface area contributed by atoms with Gasteiger partial charge in [0.1, 0.15) is 18.0 Å². The van der Waals surface area contributed by atoms with Gasteiger partial charge in [0.25, 0.3) is 0 Å². The van der Waals surface area contributed by atoms with Crippen molar-refractivity contribution in [3.8, 4) is 0 Å². The van der Waals surface area contributed by atoms with E-state index in [2.05, 4.69) is 49.0 Å². The van der Waals surface area contributed by atoms with Gasteiger partial charge in [0.15, 0.2) is 5.65 Å². The molecule has 0 aliphatic carbocycles. The molecule has 1 aliphatic heterocycles. The molecule has 1 fully saturated rings. The van der Waals surface area contributed by atoms with E-state index in [1.165, 1.54) is 43.6 Å². The number of nitrogens with zero attached hydrogens (tertiary/aromatic N) is 5. The van der Waals surface area contributed by atoms with Crippen LogP contribution in [0.4, 0.5) is 17.3 Å². The zero-order valence-electron chi connectivity index (χ0n) is 15.1. The van der Waals surface area contributed by atoms with Gasteiger partial charge in [-0.1, -0.05) is 12.1 Å². The minimum Gasteiger partial charge on any atom is -0.384 e. The summed E-state index contributed by atoms with van der Waals surface area (Å²) < 4.78 is 0. The van der Waals surface area contributed by atoms with E-state index in [9.17, 15) is 0 Å². The quantitative estimate of drug-likeness (QED) is 0.780. The van der Waals surface area contributed by atoms with Crippen LogP contribution in [-0.2, 0) is 6.54 Å². The number of hydrogen-bond acceptors (Lipinski definition) is 6. The summed E-state index contributed by atoms with van der Waals surface area (Å²) in [6, 6.07) is 12.6.